The lowest BCUT2D eigenvalue weighted by Gasteiger charge is -2.13. The maximum absolute atomic E-state index is 4.55. The van der Waals surface area contributed by atoms with Gasteiger partial charge in [0.25, 0.3) is 0 Å². The molecule has 1 aliphatic carbocycles. The fourth-order valence-corrected chi connectivity index (χ4v) is 3.64. The molecule has 18 heavy (non-hydrogen) atoms. The largest absolute Gasteiger partial charge is 0.329 e. The monoisotopic (exact) mass is 261 g/mol. The van der Waals surface area contributed by atoms with Gasteiger partial charge >= 0.3 is 0 Å². The fraction of sp³-hybridized carbons (Fsp3) is 0.500. The van der Waals surface area contributed by atoms with E-state index in [9.17, 15) is 0 Å². The minimum Gasteiger partial charge on any atom is -0.329 e. The van der Waals surface area contributed by atoms with Crippen molar-refractivity contribution in [3.8, 4) is 0 Å². The number of imidazole rings is 1. The van der Waals surface area contributed by atoms with Crippen LogP contribution in [0.15, 0.2) is 18.5 Å². The van der Waals surface area contributed by atoms with Gasteiger partial charge in [-0.1, -0.05) is 0 Å². The number of nitrogens with one attached hydrogen (secondary N) is 1. The van der Waals surface area contributed by atoms with Crippen LogP contribution in [0.25, 0.3) is 0 Å². The average molecular weight is 261 g/mol. The molecule has 1 aliphatic rings. The van der Waals surface area contributed by atoms with Gasteiger partial charge in [-0.15, -0.1) is 11.3 Å². The molecular weight excluding hydrogens is 242 g/mol. The number of aromatic nitrogens is 2. The lowest BCUT2D eigenvalue weighted by atomic mass is 10.0. The Kier molecular flexibility index (Phi) is 3.48. The minimum absolute atomic E-state index is 0.965. The molecule has 0 aromatic carbocycles. The number of nitrogens with zero attached hydrogens (tertiary/aromatic N) is 2. The molecular formula is C14H19N3S. The molecule has 0 saturated heterocycles. The summed E-state index contributed by atoms with van der Waals surface area (Å²) < 4.78 is 2.34. The van der Waals surface area contributed by atoms with E-state index < -0.39 is 0 Å². The molecule has 0 saturated carbocycles. The predicted octanol–water partition coefficient (Wildman–Crippen LogP) is 2.59. The molecule has 2 aromatic heterocycles. The lowest BCUT2D eigenvalue weighted by Crippen LogP contribution is -2.08. The highest BCUT2D eigenvalue weighted by molar-refractivity contribution is 7.11. The van der Waals surface area contributed by atoms with E-state index in [1.54, 1.807) is 0 Å². The van der Waals surface area contributed by atoms with Crippen LogP contribution in [-0.4, -0.2) is 16.6 Å². The van der Waals surface area contributed by atoms with Crippen LogP contribution in [0.2, 0.25) is 0 Å². The van der Waals surface area contributed by atoms with Crippen LogP contribution < -0.4 is 5.32 Å². The van der Waals surface area contributed by atoms with E-state index >= 15 is 0 Å². The highest BCUT2D eigenvalue weighted by Gasteiger charge is 2.15. The molecule has 1 N–H and O–H groups in total. The van der Waals surface area contributed by atoms with Crippen molar-refractivity contribution in [3.63, 3.8) is 0 Å². The summed E-state index contributed by atoms with van der Waals surface area (Å²) >= 11 is 1.90. The topological polar surface area (TPSA) is 29.9 Å². The quantitative estimate of drug-likeness (QED) is 0.917. The molecule has 0 aliphatic heterocycles. The molecule has 0 bridgehead atoms. The third kappa shape index (κ3) is 2.35. The van der Waals surface area contributed by atoms with Gasteiger partial charge in [-0.3, -0.25) is 0 Å². The summed E-state index contributed by atoms with van der Waals surface area (Å²) in [5, 5.41) is 3.20. The molecule has 96 valence electrons. The van der Waals surface area contributed by atoms with Crippen LogP contribution in [0.4, 0.5) is 0 Å². The van der Waals surface area contributed by atoms with Gasteiger partial charge in [-0.25, -0.2) is 4.98 Å². The Labute approximate surface area is 112 Å². The van der Waals surface area contributed by atoms with E-state index in [4.69, 9.17) is 0 Å². The van der Waals surface area contributed by atoms with E-state index in [-0.39, 0.29) is 0 Å². The number of aryl methyl sites for hydroxylation is 1. The summed E-state index contributed by atoms with van der Waals surface area (Å²) in [5.74, 6) is 0. The van der Waals surface area contributed by atoms with Crippen molar-refractivity contribution in [1.82, 2.24) is 14.9 Å². The molecule has 3 nitrogen and oxygen atoms in total. The second-order valence-corrected chi connectivity index (χ2v) is 6.12. The first kappa shape index (κ1) is 11.9. The van der Waals surface area contributed by atoms with Gasteiger partial charge in [0.05, 0.1) is 18.6 Å². The number of hydrogen-bond donors (Lipinski definition) is 1. The maximum Gasteiger partial charge on any atom is 0.0955 e. The zero-order valence-electron chi connectivity index (χ0n) is 10.8. The van der Waals surface area contributed by atoms with Crippen LogP contribution in [0.3, 0.4) is 0 Å². The van der Waals surface area contributed by atoms with Gasteiger partial charge in [0.15, 0.2) is 0 Å². The molecule has 0 radical (unpaired) electrons. The summed E-state index contributed by atoms with van der Waals surface area (Å²) in [4.78, 5) is 7.38. The van der Waals surface area contributed by atoms with Crippen molar-refractivity contribution in [2.24, 2.45) is 0 Å². The molecule has 2 heterocycles. The SMILES string of the molecule is CNCc1ccc(Cn2cnc3c2CCCC3)s1. The normalized spacial score (nSPS) is 14.7. The van der Waals surface area contributed by atoms with Crippen LogP contribution in [-0.2, 0) is 25.9 Å². The Balaban J connectivity index is 1.77. The summed E-state index contributed by atoms with van der Waals surface area (Å²) in [6.45, 7) is 1.95. The second-order valence-electron chi connectivity index (χ2n) is 4.87. The zero-order valence-corrected chi connectivity index (χ0v) is 11.6. The first-order valence-corrected chi connectivity index (χ1v) is 7.43. The molecule has 0 fully saturated rings. The Morgan fingerprint density at radius 1 is 1.28 bits per heavy atom. The molecule has 0 atom stereocenters. The van der Waals surface area contributed by atoms with Crippen LogP contribution in [0.5, 0.6) is 0 Å². The summed E-state index contributed by atoms with van der Waals surface area (Å²) in [5.41, 5.74) is 2.79. The summed E-state index contributed by atoms with van der Waals surface area (Å²) in [6.07, 6.45) is 7.00. The van der Waals surface area contributed by atoms with Gasteiger partial charge in [0.2, 0.25) is 0 Å². The number of hydrogen-bond acceptors (Lipinski definition) is 3. The number of fused-ring (bicyclic) bond motifs is 1. The standard InChI is InChI=1S/C14H19N3S/c1-15-8-11-6-7-12(18-11)9-17-10-16-13-4-2-3-5-14(13)17/h6-7,10,15H,2-5,8-9H2,1H3. The molecule has 3 rings (SSSR count). The van der Waals surface area contributed by atoms with Crippen molar-refractivity contribution in [2.75, 3.05) is 7.05 Å². The number of thiophene rings is 1. The zero-order chi connectivity index (χ0) is 12.4. The van der Waals surface area contributed by atoms with Crippen LogP contribution in [0.1, 0.15) is 34.0 Å². The third-order valence-electron chi connectivity index (χ3n) is 3.50. The van der Waals surface area contributed by atoms with Gasteiger partial charge in [-0.2, -0.15) is 0 Å². The van der Waals surface area contributed by atoms with E-state index in [0.717, 1.165) is 19.5 Å². The minimum atomic E-state index is 0.965. The van der Waals surface area contributed by atoms with Crippen molar-refractivity contribution in [1.29, 1.82) is 0 Å². The van der Waals surface area contributed by atoms with E-state index in [2.05, 4.69) is 27.0 Å². The van der Waals surface area contributed by atoms with Gasteiger partial charge in [0.1, 0.15) is 0 Å². The average Bonchev–Trinajstić information content (AvgIpc) is 2.99. The highest BCUT2D eigenvalue weighted by Crippen LogP contribution is 2.23. The predicted molar refractivity (Wildman–Crippen MR) is 75.1 cm³/mol. The summed E-state index contributed by atoms with van der Waals surface area (Å²) in [6, 6.07) is 4.46. The second kappa shape index (κ2) is 5.24. The van der Waals surface area contributed by atoms with Gasteiger partial charge in [-0.05, 0) is 44.9 Å². The van der Waals surface area contributed by atoms with E-state index in [0.29, 0.717) is 0 Å². The Morgan fingerprint density at radius 2 is 2.11 bits per heavy atom. The molecule has 4 heteroatoms. The Hall–Kier alpha value is -1.13. The maximum atomic E-state index is 4.55. The number of rotatable bonds is 4. The van der Waals surface area contributed by atoms with E-state index in [1.165, 1.54) is 40.4 Å². The Bertz CT molecular complexity index is 527. The van der Waals surface area contributed by atoms with Crippen LogP contribution >= 0.6 is 11.3 Å². The van der Waals surface area contributed by atoms with Crippen molar-refractivity contribution in [3.05, 3.63) is 39.6 Å². The van der Waals surface area contributed by atoms with Crippen LogP contribution in [0, 0.1) is 0 Å². The fourth-order valence-electron chi connectivity index (χ4n) is 2.61. The van der Waals surface area contributed by atoms with Gasteiger partial charge < -0.3 is 9.88 Å². The molecule has 2 aromatic rings. The first-order valence-electron chi connectivity index (χ1n) is 6.62. The molecule has 0 unspecified atom stereocenters. The first-order chi connectivity index (χ1) is 8.86. The van der Waals surface area contributed by atoms with Crippen molar-refractivity contribution >= 4 is 11.3 Å². The summed E-state index contributed by atoms with van der Waals surface area (Å²) in [7, 11) is 1.99. The molecule has 0 amide bonds. The smallest absolute Gasteiger partial charge is 0.0955 e. The van der Waals surface area contributed by atoms with Gasteiger partial charge in [0, 0.05) is 22.0 Å². The Morgan fingerprint density at radius 3 is 3.00 bits per heavy atom. The third-order valence-corrected chi connectivity index (χ3v) is 4.57. The molecule has 0 spiro atoms. The van der Waals surface area contributed by atoms with Crippen molar-refractivity contribution in [2.45, 2.75) is 38.8 Å². The van der Waals surface area contributed by atoms with E-state index in [1.807, 2.05) is 24.7 Å². The lowest BCUT2D eigenvalue weighted by molar-refractivity contribution is 0.630. The highest BCUT2D eigenvalue weighted by atomic mass is 32.1. The van der Waals surface area contributed by atoms with Crippen molar-refractivity contribution < 1.29 is 0 Å².